The number of benzene rings is 2. The lowest BCUT2D eigenvalue weighted by molar-refractivity contribution is 0.573. The maximum absolute atomic E-state index is 13.0. The van der Waals surface area contributed by atoms with Gasteiger partial charge in [0.05, 0.1) is 5.69 Å². The Kier molecular flexibility index (Phi) is 5.92. The number of anilines is 1. The van der Waals surface area contributed by atoms with E-state index in [1.54, 1.807) is 30.2 Å². The monoisotopic (exact) mass is 426 g/mol. The summed E-state index contributed by atoms with van der Waals surface area (Å²) in [4.78, 5) is 4.60. The standard InChI is InChI=1S/C21H19FN4OS2/c1-13-3-8-18(14(2)9-13)19-24-17(11-27-19)12-28-21-26-25-20(29-21)23-10-15-4-6-16(22)7-5-15/h3-9,11H,10,12H2,1-2H3,(H,23,25). The topological polar surface area (TPSA) is 63.8 Å². The van der Waals surface area contributed by atoms with Crippen LogP contribution in [-0.2, 0) is 12.3 Å². The summed E-state index contributed by atoms with van der Waals surface area (Å²) in [7, 11) is 0. The molecule has 0 saturated heterocycles. The van der Waals surface area contributed by atoms with E-state index in [-0.39, 0.29) is 5.82 Å². The molecule has 2 heterocycles. The minimum absolute atomic E-state index is 0.239. The second-order valence-electron chi connectivity index (χ2n) is 6.60. The Labute approximate surface area is 176 Å². The molecule has 148 valence electrons. The van der Waals surface area contributed by atoms with Gasteiger partial charge in [0.25, 0.3) is 0 Å². The lowest BCUT2D eigenvalue weighted by atomic mass is 10.1. The molecule has 0 spiro atoms. The number of oxazole rings is 1. The van der Waals surface area contributed by atoms with Gasteiger partial charge in [0, 0.05) is 17.9 Å². The van der Waals surface area contributed by atoms with Crippen LogP contribution in [0.25, 0.3) is 11.5 Å². The average molecular weight is 427 g/mol. The zero-order chi connectivity index (χ0) is 20.2. The lowest BCUT2D eigenvalue weighted by Gasteiger charge is -2.02. The minimum Gasteiger partial charge on any atom is -0.444 e. The SMILES string of the molecule is Cc1ccc(-c2nc(CSc3nnc(NCc4ccc(F)cc4)s3)co2)c(C)c1. The maximum atomic E-state index is 13.0. The summed E-state index contributed by atoms with van der Waals surface area (Å²) in [6.45, 7) is 4.70. The van der Waals surface area contributed by atoms with E-state index in [2.05, 4.69) is 46.5 Å². The number of thioether (sulfide) groups is 1. The van der Waals surface area contributed by atoms with Crippen molar-refractivity contribution in [2.24, 2.45) is 0 Å². The Morgan fingerprint density at radius 3 is 2.72 bits per heavy atom. The van der Waals surface area contributed by atoms with Crippen LogP contribution in [0.1, 0.15) is 22.4 Å². The molecule has 1 N–H and O–H groups in total. The largest absolute Gasteiger partial charge is 0.444 e. The van der Waals surface area contributed by atoms with Crippen molar-refractivity contribution >= 4 is 28.2 Å². The van der Waals surface area contributed by atoms with Gasteiger partial charge in [0.15, 0.2) is 4.34 Å². The van der Waals surface area contributed by atoms with Crippen LogP contribution in [0.4, 0.5) is 9.52 Å². The predicted octanol–water partition coefficient (Wildman–Crippen LogP) is 5.85. The molecule has 2 aromatic carbocycles. The van der Waals surface area contributed by atoms with Crippen LogP contribution in [-0.4, -0.2) is 15.2 Å². The highest BCUT2D eigenvalue weighted by Crippen LogP contribution is 2.30. The number of rotatable bonds is 7. The summed E-state index contributed by atoms with van der Waals surface area (Å²) in [5.41, 5.74) is 5.22. The van der Waals surface area contributed by atoms with Gasteiger partial charge in [-0.2, -0.15) is 0 Å². The molecule has 4 rings (SSSR count). The van der Waals surface area contributed by atoms with Gasteiger partial charge in [-0.3, -0.25) is 0 Å². The van der Waals surface area contributed by atoms with Gasteiger partial charge < -0.3 is 9.73 Å². The summed E-state index contributed by atoms with van der Waals surface area (Å²) >= 11 is 3.04. The highest BCUT2D eigenvalue weighted by Gasteiger charge is 2.11. The first-order valence-corrected chi connectivity index (χ1v) is 10.8. The van der Waals surface area contributed by atoms with Crippen LogP contribution >= 0.6 is 23.1 Å². The fraction of sp³-hybridized carbons (Fsp3) is 0.190. The van der Waals surface area contributed by atoms with Gasteiger partial charge in [-0.1, -0.05) is 52.9 Å². The van der Waals surface area contributed by atoms with Crippen molar-refractivity contribution in [2.75, 3.05) is 5.32 Å². The van der Waals surface area contributed by atoms with E-state index in [1.165, 1.54) is 29.0 Å². The number of hydrogen-bond donors (Lipinski definition) is 1. The van der Waals surface area contributed by atoms with Crippen molar-refractivity contribution in [1.82, 2.24) is 15.2 Å². The molecule has 0 fully saturated rings. The Balaban J connectivity index is 1.33. The van der Waals surface area contributed by atoms with Crippen LogP contribution < -0.4 is 5.32 Å². The van der Waals surface area contributed by atoms with E-state index in [4.69, 9.17) is 4.42 Å². The summed E-state index contributed by atoms with van der Waals surface area (Å²) in [5.74, 6) is 1.05. The fourth-order valence-corrected chi connectivity index (χ4v) is 4.43. The van der Waals surface area contributed by atoms with Crippen LogP contribution in [0.5, 0.6) is 0 Å². The molecule has 0 saturated carbocycles. The number of nitrogens with zero attached hydrogens (tertiary/aromatic N) is 3. The smallest absolute Gasteiger partial charge is 0.226 e. The Morgan fingerprint density at radius 2 is 1.93 bits per heavy atom. The number of halogens is 1. The normalized spacial score (nSPS) is 11.0. The molecular weight excluding hydrogens is 407 g/mol. The molecule has 2 aromatic heterocycles. The number of hydrogen-bond acceptors (Lipinski definition) is 7. The summed E-state index contributed by atoms with van der Waals surface area (Å²) < 4.78 is 19.5. The molecule has 8 heteroatoms. The first kappa shape index (κ1) is 19.6. The highest BCUT2D eigenvalue weighted by atomic mass is 32.2. The van der Waals surface area contributed by atoms with Crippen LogP contribution in [0.2, 0.25) is 0 Å². The van der Waals surface area contributed by atoms with E-state index in [0.717, 1.165) is 31.9 Å². The Bertz CT molecular complexity index is 1110. The van der Waals surface area contributed by atoms with E-state index in [1.807, 2.05) is 6.07 Å². The van der Waals surface area contributed by atoms with Gasteiger partial charge in [0.2, 0.25) is 11.0 Å². The average Bonchev–Trinajstić information content (AvgIpc) is 3.35. The van der Waals surface area contributed by atoms with Crippen LogP contribution in [0.3, 0.4) is 0 Å². The predicted molar refractivity (Wildman–Crippen MR) is 115 cm³/mol. The van der Waals surface area contributed by atoms with Crippen molar-refractivity contribution in [3.05, 3.63) is 76.9 Å². The lowest BCUT2D eigenvalue weighted by Crippen LogP contribution is -1.98. The quantitative estimate of drug-likeness (QED) is 0.374. The number of aryl methyl sites for hydroxylation is 2. The molecule has 5 nitrogen and oxygen atoms in total. The second kappa shape index (κ2) is 8.75. The third-order valence-electron chi connectivity index (χ3n) is 4.27. The van der Waals surface area contributed by atoms with Crippen molar-refractivity contribution < 1.29 is 8.81 Å². The van der Waals surface area contributed by atoms with E-state index in [9.17, 15) is 4.39 Å². The van der Waals surface area contributed by atoms with Crippen molar-refractivity contribution in [3.63, 3.8) is 0 Å². The van der Waals surface area contributed by atoms with Gasteiger partial charge in [-0.05, 0) is 43.2 Å². The van der Waals surface area contributed by atoms with Gasteiger partial charge >= 0.3 is 0 Å². The van der Waals surface area contributed by atoms with Gasteiger partial charge in [-0.25, -0.2) is 9.37 Å². The van der Waals surface area contributed by atoms with Crippen LogP contribution in [0.15, 0.2) is 57.5 Å². The molecule has 0 aliphatic heterocycles. The van der Waals surface area contributed by atoms with E-state index < -0.39 is 0 Å². The highest BCUT2D eigenvalue weighted by molar-refractivity contribution is 8.00. The molecule has 4 aromatic rings. The summed E-state index contributed by atoms with van der Waals surface area (Å²) in [6, 6.07) is 12.6. The summed E-state index contributed by atoms with van der Waals surface area (Å²) in [5, 5.41) is 12.3. The minimum atomic E-state index is -0.239. The Morgan fingerprint density at radius 1 is 1.10 bits per heavy atom. The first-order chi connectivity index (χ1) is 14.1. The van der Waals surface area contributed by atoms with E-state index in [0.29, 0.717) is 18.2 Å². The molecule has 0 atom stereocenters. The molecule has 29 heavy (non-hydrogen) atoms. The molecule has 0 unspecified atom stereocenters. The van der Waals surface area contributed by atoms with E-state index >= 15 is 0 Å². The molecule has 0 aliphatic rings. The van der Waals surface area contributed by atoms with Gasteiger partial charge in [0.1, 0.15) is 12.1 Å². The summed E-state index contributed by atoms with van der Waals surface area (Å²) in [6.07, 6.45) is 1.69. The van der Waals surface area contributed by atoms with Gasteiger partial charge in [-0.15, -0.1) is 10.2 Å². The fourth-order valence-electron chi connectivity index (χ4n) is 2.81. The third kappa shape index (κ3) is 5.02. The maximum Gasteiger partial charge on any atom is 0.226 e. The molecule has 0 amide bonds. The molecule has 0 radical (unpaired) electrons. The first-order valence-electron chi connectivity index (χ1n) is 9.03. The van der Waals surface area contributed by atoms with Crippen molar-refractivity contribution in [2.45, 2.75) is 30.5 Å². The zero-order valence-corrected chi connectivity index (χ0v) is 17.6. The van der Waals surface area contributed by atoms with Crippen molar-refractivity contribution in [1.29, 1.82) is 0 Å². The number of nitrogens with one attached hydrogen (secondary N) is 1. The third-order valence-corrected chi connectivity index (χ3v) is 6.32. The zero-order valence-electron chi connectivity index (χ0n) is 16.0. The molecule has 0 bridgehead atoms. The van der Waals surface area contributed by atoms with Crippen LogP contribution in [0, 0.1) is 19.7 Å². The number of aromatic nitrogens is 3. The second-order valence-corrected chi connectivity index (χ2v) is 8.80. The van der Waals surface area contributed by atoms with Crippen molar-refractivity contribution in [3.8, 4) is 11.5 Å². The molecular formula is C21H19FN4OS2. The Hall–Kier alpha value is -2.71. The molecule has 0 aliphatic carbocycles.